The van der Waals surface area contributed by atoms with Crippen molar-refractivity contribution < 1.29 is 4.39 Å². The molecule has 3 N–H and O–H groups in total. The van der Waals surface area contributed by atoms with Crippen molar-refractivity contribution in [3.63, 3.8) is 0 Å². The van der Waals surface area contributed by atoms with Gasteiger partial charge >= 0.3 is 0 Å². The molecule has 0 fully saturated rings. The number of rotatable bonds is 5. The maximum Gasteiger partial charge on any atom is 0.126 e. The Morgan fingerprint density at radius 1 is 1.10 bits per heavy atom. The molecule has 0 heterocycles. The standard InChI is InChI=1S/C17H20ClFN2/c1-11(2)12-3-5-13(6-4-12)17(10-20)21-16-8-14(18)7-15(19)9-16/h3-9,11,17,21H,10,20H2,1-2H3. The van der Waals surface area contributed by atoms with Gasteiger partial charge in [0.1, 0.15) is 5.82 Å². The van der Waals surface area contributed by atoms with Crippen LogP contribution < -0.4 is 11.1 Å². The molecule has 1 atom stereocenters. The van der Waals surface area contributed by atoms with Gasteiger partial charge in [-0.2, -0.15) is 0 Å². The van der Waals surface area contributed by atoms with Gasteiger partial charge in [0.2, 0.25) is 0 Å². The second kappa shape index (κ2) is 6.92. The fourth-order valence-corrected chi connectivity index (χ4v) is 2.45. The third-order valence-electron chi connectivity index (χ3n) is 3.44. The van der Waals surface area contributed by atoms with E-state index in [0.29, 0.717) is 23.2 Å². The summed E-state index contributed by atoms with van der Waals surface area (Å²) in [6.45, 7) is 4.72. The predicted octanol–water partition coefficient (Wildman–Crippen LogP) is 4.71. The molecule has 0 aliphatic heterocycles. The molecule has 0 spiro atoms. The minimum atomic E-state index is -0.365. The maximum absolute atomic E-state index is 13.4. The lowest BCUT2D eigenvalue weighted by Crippen LogP contribution is -2.20. The number of hydrogen-bond acceptors (Lipinski definition) is 2. The highest BCUT2D eigenvalue weighted by atomic mass is 35.5. The van der Waals surface area contributed by atoms with Crippen LogP contribution >= 0.6 is 11.6 Å². The largest absolute Gasteiger partial charge is 0.377 e. The van der Waals surface area contributed by atoms with Gasteiger partial charge in [-0.3, -0.25) is 0 Å². The number of nitrogens with one attached hydrogen (secondary N) is 1. The molecule has 0 amide bonds. The van der Waals surface area contributed by atoms with E-state index in [1.807, 2.05) is 0 Å². The fourth-order valence-electron chi connectivity index (χ4n) is 2.23. The van der Waals surface area contributed by atoms with E-state index in [-0.39, 0.29) is 11.9 Å². The van der Waals surface area contributed by atoms with Gasteiger partial charge in [-0.15, -0.1) is 0 Å². The SMILES string of the molecule is CC(C)c1ccc(C(CN)Nc2cc(F)cc(Cl)c2)cc1. The number of anilines is 1. The zero-order valence-electron chi connectivity index (χ0n) is 12.2. The molecule has 0 radical (unpaired) electrons. The molecule has 0 bridgehead atoms. The van der Waals surface area contributed by atoms with Crippen LogP contribution in [-0.4, -0.2) is 6.54 Å². The Hall–Kier alpha value is -1.58. The van der Waals surface area contributed by atoms with E-state index in [2.05, 4.69) is 43.4 Å². The molecule has 112 valence electrons. The summed E-state index contributed by atoms with van der Waals surface area (Å²) in [4.78, 5) is 0. The van der Waals surface area contributed by atoms with Crippen LogP contribution in [0.4, 0.5) is 10.1 Å². The monoisotopic (exact) mass is 306 g/mol. The number of benzene rings is 2. The van der Waals surface area contributed by atoms with Crippen molar-refractivity contribution in [1.29, 1.82) is 0 Å². The van der Waals surface area contributed by atoms with Crippen molar-refractivity contribution in [1.82, 2.24) is 0 Å². The van der Waals surface area contributed by atoms with Gasteiger partial charge in [0.05, 0.1) is 6.04 Å². The number of nitrogens with two attached hydrogens (primary N) is 1. The summed E-state index contributed by atoms with van der Waals surface area (Å²) in [5.41, 5.74) is 8.82. The molecule has 2 aromatic carbocycles. The van der Waals surface area contributed by atoms with Gasteiger partial charge in [-0.25, -0.2) is 4.39 Å². The molecule has 0 aliphatic carbocycles. The zero-order chi connectivity index (χ0) is 15.4. The first kappa shape index (κ1) is 15.8. The molecular weight excluding hydrogens is 287 g/mol. The average Bonchev–Trinajstić information content (AvgIpc) is 2.44. The van der Waals surface area contributed by atoms with E-state index in [9.17, 15) is 4.39 Å². The van der Waals surface area contributed by atoms with Crippen LogP contribution in [0.1, 0.15) is 36.9 Å². The van der Waals surface area contributed by atoms with Crippen LogP contribution in [0.5, 0.6) is 0 Å². The Kier molecular flexibility index (Phi) is 5.21. The Balaban J connectivity index is 2.19. The molecular formula is C17H20ClFN2. The van der Waals surface area contributed by atoms with Gasteiger partial charge in [-0.1, -0.05) is 49.7 Å². The number of halogens is 2. The second-order valence-electron chi connectivity index (χ2n) is 5.41. The summed E-state index contributed by atoms with van der Waals surface area (Å²) in [6, 6.07) is 12.6. The van der Waals surface area contributed by atoms with Crippen LogP contribution in [0.3, 0.4) is 0 Å². The van der Waals surface area contributed by atoms with Crippen molar-refractivity contribution in [3.05, 3.63) is 64.4 Å². The molecule has 2 rings (SSSR count). The van der Waals surface area contributed by atoms with Crippen LogP contribution in [0.2, 0.25) is 5.02 Å². The third kappa shape index (κ3) is 4.19. The Bertz CT molecular complexity index is 576. The summed E-state index contributed by atoms with van der Waals surface area (Å²) < 4.78 is 13.4. The topological polar surface area (TPSA) is 38.0 Å². The molecule has 1 unspecified atom stereocenters. The van der Waals surface area contributed by atoms with Crippen molar-refractivity contribution in [2.45, 2.75) is 25.8 Å². The molecule has 0 saturated heterocycles. The molecule has 0 aromatic heterocycles. The van der Waals surface area contributed by atoms with E-state index < -0.39 is 0 Å². The first-order valence-electron chi connectivity index (χ1n) is 7.02. The van der Waals surface area contributed by atoms with Gasteiger partial charge in [0.25, 0.3) is 0 Å². The highest BCUT2D eigenvalue weighted by molar-refractivity contribution is 6.30. The van der Waals surface area contributed by atoms with Crippen LogP contribution in [0.15, 0.2) is 42.5 Å². The van der Waals surface area contributed by atoms with Crippen LogP contribution in [-0.2, 0) is 0 Å². The van der Waals surface area contributed by atoms with Gasteiger partial charge < -0.3 is 11.1 Å². The second-order valence-corrected chi connectivity index (χ2v) is 5.85. The summed E-state index contributed by atoms with van der Waals surface area (Å²) in [5.74, 6) is 0.126. The molecule has 2 aromatic rings. The Morgan fingerprint density at radius 2 is 1.71 bits per heavy atom. The quantitative estimate of drug-likeness (QED) is 0.839. The van der Waals surface area contributed by atoms with E-state index in [4.69, 9.17) is 17.3 Å². The zero-order valence-corrected chi connectivity index (χ0v) is 13.0. The highest BCUT2D eigenvalue weighted by Gasteiger charge is 2.11. The molecule has 4 heteroatoms. The summed E-state index contributed by atoms with van der Waals surface area (Å²) in [7, 11) is 0. The maximum atomic E-state index is 13.4. The fraction of sp³-hybridized carbons (Fsp3) is 0.294. The highest BCUT2D eigenvalue weighted by Crippen LogP contribution is 2.24. The van der Waals surface area contributed by atoms with E-state index in [1.165, 1.54) is 17.7 Å². The lowest BCUT2D eigenvalue weighted by atomic mass is 9.99. The van der Waals surface area contributed by atoms with Crippen molar-refractivity contribution in [3.8, 4) is 0 Å². The Labute approximate surface area is 130 Å². The summed E-state index contributed by atoms with van der Waals surface area (Å²) >= 11 is 5.87. The first-order chi connectivity index (χ1) is 9.99. The summed E-state index contributed by atoms with van der Waals surface area (Å²) in [6.07, 6.45) is 0. The molecule has 2 nitrogen and oxygen atoms in total. The van der Waals surface area contributed by atoms with E-state index >= 15 is 0 Å². The van der Waals surface area contributed by atoms with E-state index in [1.54, 1.807) is 6.07 Å². The molecule has 0 saturated carbocycles. The predicted molar refractivity (Wildman–Crippen MR) is 87.4 cm³/mol. The van der Waals surface area contributed by atoms with Crippen LogP contribution in [0.25, 0.3) is 0 Å². The Morgan fingerprint density at radius 3 is 2.24 bits per heavy atom. The lowest BCUT2D eigenvalue weighted by molar-refractivity contribution is 0.627. The van der Waals surface area contributed by atoms with Crippen LogP contribution in [0, 0.1) is 5.82 Å². The smallest absolute Gasteiger partial charge is 0.126 e. The summed E-state index contributed by atoms with van der Waals surface area (Å²) in [5, 5.41) is 3.59. The minimum Gasteiger partial charge on any atom is -0.377 e. The first-order valence-corrected chi connectivity index (χ1v) is 7.40. The van der Waals surface area contributed by atoms with Gasteiger partial charge in [0, 0.05) is 17.3 Å². The van der Waals surface area contributed by atoms with Gasteiger partial charge in [-0.05, 0) is 35.2 Å². The van der Waals surface area contributed by atoms with Gasteiger partial charge in [0.15, 0.2) is 0 Å². The third-order valence-corrected chi connectivity index (χ3v) is 3.66. The molecule has 21 heavy (non-hydrogen) atoms. The van der Waals surface area contributed by atoms with E-state index in [0.717, 1.165) is 5.56 Å². The van der Waals surface area contributed by atoms with Crippen molar-refractivity contribution >= 4 is 17.3 Å². The minimum absolute atomic E-state index is 0.0796. The van der Waals surface area contributed by atoms with Crippen molar-refractivity contribution in [2.75, 3.05) is 11.9 Å². The number of hydrogen-bond donors (Lipinski definition) is 2. The molecule has 0 aliphatic rings. The van der Waals surface area contributed by atoms with Crippen molar-refractivity contribution in [2.24, 2.45) is 5.73 Å². The normalized spacial score (nSPS) is 12.5. The average molecular weight is 307 g/mol. The lowest BCUT2D eigenvalue weighted by Gasteiger charge is -2.19.